The van der Waals surface area contributed by atoms with Crippen LogP contribution in [0.5, 0.6) is 11.5 Å². The molecular formula is C14H18O2. The van der Waals surface area contributed by atoms with Crippen molar-refractivity contribution in [2.24, 2.45) is 5.92 Å². The molecular weight excluding hydrogens is 200 g/mol. The Kier molecular flexibility index (Phi) is 2.31. The van der Waals surface area contributed by atoms with Crippen LogP contribution in [0.4, 0.5) is 0 Å². The van der Waals surface area contributed by atoms with Crippen LogP contribution in [0.15, 0.2) is 12.1 Å². The van der Waals surface area contributed by atoms with Gasteiger partial charge in [0.05, 0.1) is 0 Å². The third-order valence-corrected chi connectivity index (χ3v) is 4.33. The van der Waals surface area contributed by atoms with E-state index in [1.807, 2.05) is 0 Å². The quantitative estimate of drug-likeness (QED) is 0.656. The van der Waals surface area contributed by atoms with E-state index in [4.69, 9.17) is 0 Å². The van der Waals surface area contributed by atoms with Gasteiger partial charge in [0.2, 0.25) is 0 Å². The van der Waals surface area contributed by atoms with Crippen LogP contribution < -0.4 is 0 Å². The molecule has 2 aliphatic rings. The standard InChI is InChI=1S/C14H18O2/c15-13-7-10-6-5-9-3-1-2-4-11(9)12(10)8-14(13)16/h7-9,11,15-16H,1-6H2. The maximum absolute atomic E-state index is 9.62. The van der Waals surface area contributed by atoms with E-state index in [1.54, 1.807) is 12.1 Å². The van der Waals surface area contributed by atoms with Crippen molar-refractivity contribution in [1.29, 1.82) is 0 Å². The Morgan fingerprint density at radius 2 is 1.69 bits per heavy atom. The van der Waals surface area contributed by atoms with Crippen LogP contribution in [-0.4, -0.2) is 10.2 Å². The number of fused-ring (bicyclic) bond motifs is 3. The highest BCUT2D eigenvalue weighted by molar-refractivity contribution is 5.48. The second-order valence-corrected chi connectivity index (χ2v) is 5.23. The van der Waals surface area contributed by atoms with Crippen LogP contribution in [-0.2, 0) is 6.42 Å². The van der Waals surface area contributed by atoms with Gasteiger partial charge in [-0.3, -0.25) is 0 Å². The first-order chi connectivity index (χ1) is 7.75. The minimum Gasteiger partial charge on any atom is -0.504 e. The van der Waals surface area contributed by atoms with Gasteiger partial charge in [-0.05, 0) is 60.8 Å². The van der Waals surface area contributed by atoms with E-state index in [-0.39, 0.29) is 11.5 Å². The van der Waals surface area contributed by atoms with Crippen LogP contribution >= 0.6 is 0 Å². The Morgan fingerprint density at radius 1 is 0.938 bits per heavy atom. The molecule has 2 aliphatic carbocycles. The average molecular weight is 218 g/mol. The highest BCUT2D eigenvalue weighted by Crippen LogP contribution is 2.47. The lowest BCUT2D eigenvalue weighted by Crippen LogP contribution is -2.23. The van der Waals surface area contributed by atoms with E-state index in [9.17, 15) is 10.2 Å². The topological polar surface area (TPSA) is 40.5 Å². The fourth-order valence-corrected chi connectivity index (χ4v) is 3.50. The predicted octanol–water partition coefficient (Wildman–Crippen LogP) is 3.32. The van der Waals surface area contributed by atoms with Gasteiger partial charge in [-0.25, -0.2) is 0 Å². The first-order valence-electron chi connectivity index (χ1n) is 6.30. The molecule has 0 bridgehead atoms. The third kappa shape index (κ3) is 1.48. The summed E-state index contributed by atoms with van der Waals surface area (Å²) in [5.74, 6) is 1.52. The van der Waals surface area contributed by atoms with Gasteiger partial charge in [-0.1, -0.05) is 12.8 Å². The van der Waals surface area contributed by atoms with Crippen LogP contribution in [0.1, 0.15) is 49.1 Å². The molecule has 0 heterocycles. The van der Waals surface area contributed by atoms with Gasteiger partial charge >= 0.3 is 0 Å². The van der Waals surface area contributed by atoms with Gasteiger partial charge < -0.3 is 10.2 Å². The fraction of sp³-hybridized carbons (Fsp3) is 0.571. The SMILES string of the molecule is Oc1cc2c(cc1O)C1CCCCC1CC2. The molecule has 1 aromatic rings. The van der Waals surface area contributed by atoms with Crippen molar-refractivity contribution in [3.8, 4) is 11.5 Å². The Hall–Kier alpha value is -1.18. The van der Waals surface area contributed by atoms with Crippen molar-refractivity contribution in [2.45, 2.75) is 44.4 Å². The molecule has 2 heteroatoms. The molecule has 1 fully saturated rings. The lowest BCUT2D eigenvalue weighted by molar-refractivity contribution is 0.274. The second-order valence-electron chi connectivity index (χ2n) is 5.23. The Bertz CT molecular complexity index is 411. The zero-order valence-electron chi connectivity index (χ0n) is 9.45. The van der Waals surface area contributed by atoms with Gasteiger partial charge in [-0.15, -0.1) is 0 Å². The first kappa shape index (κ1) is 10.0. The molecule has 0 aromatic heterocycles. The number of aromatic hydroxyl groups is 2. The molecule has 0 aliphatic heterocycles. The summed E-state index contributed by atoms with van der Waals surface area (Å²) in [5, 5.41) is 19.1. The van der Waals surface area contributed by atoms with Gasteiger partial charge in [0.1, 0.15) is 0 Å². The molecule has 2 unspecified atom stereocenters. The van der Waals surface area contributed by atoms with Crippen molar-refractivity contribution < 1.29 is 10.2 Å². The maximum Gasteiger partial charge on any atom is 0.157 e. The van der Waals surface area contributed by atoms with E-state index in [1.165, 1.54) is 43.2 Å². The Morgan fingerprint density at radius 3 is 2.56 bits per heavy atom. The summed E-state index contributed by atoms with van der Waals surface area (Å²) in [6.07, 6.45) is 7.57. The summed E-state index contributed by atoms with van der Waals surface area (Å²) < 4.78 is 0. The number of hydrogen-bond acceptors (Lipinski definition) is 2. The highest BCUT2D eigenvalue weighted by Gasteiger charge is 2.32. The molecule has 2 N–H and O–H groups in total. The largest absolute Gasteiger partial charge is 0.504 e. The van der Waals surface area contributed by atoms with Crippen LogP contribution in [0.25, 0.3) is 0 Å². The summed E-state index contributed by atoms with van der Waals surface area (Å²) in [6, 6.07) is 3.56. The third-order valence-electron chi connectivity index (χ3n) is 4.33. The molecule has 0 spiro atoms. The van der Waals surface area contributed by atoms with Crippen molar-refractivity contribution in [3.05, 3.63) is 23.3 Å². The number of hydrogen-bond donors (Lipinski definition) is 2. The van der Waals surface area contributed by atoms with E-state index in [2.05, 4.69) is 0 Å². The van der Waals surface area contributed by atoms with Crippen LogP contribution in [0.3, 0.4) is 0 Å². The molecule has 16 heavy (non-hydrogen) atoms. The van der Waals surface area contributed by atoms with Crippen molar-refractivity contribution in [2.75, 3.05) is 0 Å². The summed E-state index contributed by atoms with van der Waals surface area (Å²) >= 11 is 0. The first-order valence-corrected chi connectivity index (χ1v) is 6.30. The van der Waals surface area contributed by atoms with E-state index >= 15 is 0 Å². The smallest absolute Gasteiger partial charge is 0.157 e. The van der Waals surface area contributed by atoms with Gasteiger partial charge in [0, 0.05) is 0 Å². The van der Waals surface area contributed by atoms with Gasteiger partial charge in [-0.2, -0.15) is 0 Å². The lowest BCUT2D eigenvalue weighted by atomic mass is 9.68. The molecule has 1 saturated carbocycles. The fourth-order valence-electron chi connectivity index (χ4n) is 3.50. The molecule has 0 radical (unpaired) electrons. The number of aryl methyl sites for hydroxylation is 1. The Labute approximate surface area is 95.9 Å². The molecule has 2 nitrogen and oxygen atoms in total. The second kappa shape index (κ2) is 3.69. The molecule has 1 aromatic carbocycles. The molecule has 3 rings (SSSR count). The predicted molar refractivity (Wildman–Crippen MR) is 62.8 cm³/mol. The van der Waals surface area contributed by atoms with E-state index in [0.29, 0.717) is 5.92 Å². The molecule has 0 amide bonds. The number of rotatable bonds is 0. The lowest BCUT2D eigenvalue weighted by Gasteiger charge is -2.37. The van der Waals surface area contributed by atoms with E-state index < -0.39 is 0 Å². The minimum atomic E-state index is 0.0352. The van der Waals surface area contributed by atoms with Gasteiger partial charge in [0.15, 0.2) is 11.5 Å². The van der Waals surface area contributed by atoms with E-state index in [0.717, 1.165) is 12.3 Å². The monoisotopic (exact) mass is 218 g/mol. The van der Waals surface area contributed by atoms with Crippen LogP contribution in [0.2, 0.25) is 0 Å². The Balaban J connectivity index is 2.04. The minimum absolute atomic E-state index is 0.0352. The van der Waals surface area contributed by atoms with Crippen molar-refractivity contribution in [3.63, 3.8) is 0 Å². The zero-order valence-corrected chi connectivity index (χ0v) is 9.45. The number of phenolic OH excluding ortho intramolecular Hbond substituents is 2. The number of benzene rings is 1. The van der Waals surface area contributed by atoms with Crippen LogP contribution in [0, 0.1) is 5.92 Å². The molecule has 86 valence electrons. The molecule has 0 saturated heterocycles. The number of phenols is 2. The van der Waals surface area contributed by atoms with Crippen molar-refractivity contribution >= 4 is 0 Å². The molecule has 2 atom stereocenters. The normalized spacial score (nSPS) is 28.2. The maximum atomic E-state index is 9.62. The summed E-state index contributed by atoms with van der Waals surface area (Å²) in [5.41, 5.74) is 2.55. The summed E-state index contributed by atoms with van der Waals surface area (Å²) in [7, 11) is 0. The van der Waals surface area contributed by atoms with Crippen molar-refractivity contribution in [1.82, 2.24) is 0 Å². The van der Waals surface area contributed by atoms with Gasteiger partial charge in [0.25, 0.3) is 0 Å². The summed E-state index contributed by atoms with van der Waals surface area (Å²) in [4.78, 5) is 0. The zero-order chi connectivity index (χ0) is 11.1. The average Bonchev–Trinajstić information content (AvgIpc) is 2.31. The summed E-state index contributed by atoms with van der Waals surface area (Å²) in [6.45, 7) is 0. The highest BCUT2D eigenvalue weighted by atomic mass is 16.3.